The molecule has 1 aromatic carbocycles. The first-order chi connectivity index (χ1) is 14.7. The molecule has 31 heavy (non-hydrogen) atoms. The Morgan fingerprint density at radius 1 is 1.16 bits per heavy atom. The second-order valence-corrected chi connectivity index (χ2v) is 8.37. The molecule has 4 rings (SSSR count). The lowest BCUT2D eigenvalue weighted by atomic mass is 9.72. The molecule has 0 bridgehead atoms. The third kappa shape index (κ3) is 4.90. The third-order valence-electron chi connectivity index (χ3n) is 6.24. The lowest BCUT2D eigenvalue weighted by molar-refractivity contribution is -0.137. The number of amides is 1. The first-order valence-electron chi connectivity index (χ1n) is 10.3. The van der Waals surface area contributed by atoms with Crippen molar-refractivity contribution in [3.63, 3.8) is 0 Å². The molecule has 10 heteroatoms. The number of hydrogen-bond acceptors (Lipinski definition) is 6. The van der Waals surface area contributed by atoms with Crippen LogP contribution < -0.4 is 21.7 Å². The minimum Gasteiger partial charge on any atom is -0.367 e. The molecule has 1 amide bonds. The summed E-state index contributed by atoms with van der Waals surface area (Å²) in [7, 11) is 0. The fourth-order valence-electron chi connectivity index (χ4n) is 4.40. The van der Waals surface area contributed by atoms with Gasteiger partial charge in [0.1, 0.15) is 11.4 Å². The van der Waals surface area contributed by atoms with Crippen molar-refractivity contribution < 1.29 is 18.0 Å². The average molecular weight is 434 g/mol. The highest BCUT2D eigenvalue weighted by atomic mass is 19.4. The predicted molar refractivity (Wildman–Crippen MR) is 111 cm³/mol. The van der Waals surface area contributed by atoms with E-state index < -0.39 is 17.6 Å². The van der Waals surface area contributed by atoms with Gasteiger partial charge in [-0.3, -0.25) is 4.79 Å². The van der Waals surface area contributed by atoms with E-state index in [0.717, 1.165) is 51.4 Å². The number of carbonyl (C=O) groups is 1. The van der Waals surface area contributed by atoms with Crippen LogP contribution in [0.4, 0.5) is 30.6 Å². The van der Waals surface area contributed by atoms with Crippen LogP contribution in [0.25, 0.3) is 0 Å². The van der Waals surface area contributed by atoms with Crippen LogP contribution in [-0.2, 0) is 6.18 Å². The van der Waals surface area contributed by atoms with Crippen LogP contribution in [0.3, 0.4) is 0 Å². The molecular formula is C21H25F3N6O. The number of rotatable bonds is 5. The fraction of sp³-hybridized carbons (Fsp3) is 0.476. The molecule has 0 radical (unpaired) electrons. The quantitative estimate of drug-likeness (QED) is 0.572. The molecule has 2 fully saturated rings. The zero-order chi connectivity index (χ0) is 22.1. The van der Waals surface area contributed by atoms with Crippen molar-refractivity contribution in [1.29, 1.82) is 0 Å². The van der Waals surface area contributed by atoms with Gasteiger partial charge in [0.05, 0.1) is 0 Å². The average Bonchev–Trinajstić information content (AvgIpc) is 3.18. The third-order valence-corrected chi connectivity index (χ3v) is 6.24. The molecule has 0 atom stereocenters. The summed E-state index contributed by atoms with van der Waals surface area (Å²) < 4.78 is 40.6. The van der Waals surface area contributed by atoms with Crippen LogP contribution in [0.15, 0.2) is 30.5 Å². The number of hydrogen-bond donors (Lipinski definition) is 4. The SMILES string of the molecule is NC(=O)c1ccc(Nc2ncc(C(F)(F)F)c(NC3CCC4(CCNC4)CC3)n2)cc1. The number of nitrogens with zero attached hydrogens (tertiary/aromatic N) is 2. The van der Waals surface area contributed by atoms with E-state index in [9.17, 15) is 18.0 Å². The van der Waals surface area contributed by atoms with Crippen molar-refractivity contribution in [2.45, 2.75) is 44.3 Å². The summed E-state index contributed by atoms with van der Waals surface area (Å²) in [5, 5.41) is 9.29. The van der Waals surface area contributed by atoms with Crippen LogP contribution in [0, 0.1) is 5.41 Å². The first-order valence-corrected chi connectivity index (χ1v) is 10.3. The topological polar surface area (TPSA) is 105 Å². The fourth-order valence-corrected chi connectivity index (χ4v) is 4.40. The Morgan fingerprint density at radius 3 is 2.45 bits per heavy atom. The second-order valence-electron chi connectivity index (χ2n) is 8.37. The van der Waals surface area contributed by atoms with Crippen molar-refractivity contribution in [3.8, 4) is 0 Å². The number of benzene rings is 1. The van der Waals surface area contributed by atoms with Gasteiger partial charge in [-0.25, -0.2) is 4.98 Å². The van der Waals surface area contributed by atoms with Crippen LogP contribution in [0.2, 0.25) is 0 Å². The van der Waals surface area contributed by atoms with E-state index in [4.69, 9.17) is 5.73 Å². The summed E-state index contributed by atoms with van der Waals surface area (Å²) in [5.74, 6) is -0.745. The predicted octanol–water partition coefficient (Wildman–Crippen LogP) is 3.67. The molecule has 1 spiro atoms. The first kappa shape index (κ1) is 21.4. The van der Waals surface area contributed by atoms with Crippen molar-refractivity contribution in [2.75, 3.05) is 23.7 Å². The summed E-state index contributed by atoms with van der Waals surface area (Å²) in [6.45, 7) is 2.00. The number of nitrogens with two attached hydrogens (primary N) is 1. The van der Waals surface area contributed by atoms with E-state index in [1.165, 1.54) is 12.1 Å². The standard InChI is InChI=1S/C21H25F3N6O/c22-21(23,24)16-11-27-19(29-14-3-1-13(2-4-14)17(25)31)30-18(16)28-15-5-7-20(8-6-15)9-10-26-12-20/h1-4,11,15,26H,5-10,12H2,(H2,25,31)(H2,27,28,29,30). The largest absolute Gasteiger partial charge is 0.421 e. The van der Waals surface area contributed by atoms with Gasteiger partial charge in [-0.15, -0.1) is 0 Å². The number of alkyl halides is 3. The van der Waals surface area contributed by atoms with E-state index in [0.29, 0.717) is 16.7 Å². The summed E-state index contributed by atoms with van der Waals surface area (Å²) in [6.07, 6.45) is 0.947. The van der Waals surface area contributed by atoms with Gasteiger partial charge < -0.3 is 21.7 Å². The van der Waals surface area contributed by atoms with Crippen molar-refractivity contribution in [2.24, 2.45) is 11.1 Å². The minimum atomic E-state index is -4.56. The number of anilines is 3. The molecule has 1 aromatic heterocycles. The molecule has 5 N–H and O–H groups in total. The second kappa shape index (κ2) is 8.33. The summed E-state index contributed by atoms with van der Waals surface area (Å²) in [4.78, 5) is 19.1. The van der Waals surface area contributed by atoms with Crippen molar-refractivity contribution in [3.05, 3.63) is 41.6 Å². The monoisotopic (exact) mass is 434 g/mol. The van der Waals surface area contributed by atoms with Gasteiger partial charge in [0.2, 0.25) is 11.9 Å². The molecule has 166 valence electrons. The zero-order valence-corrected chi connectivity index (χ0v) is 16.9. The molecule has 0 unspecified atom stereocenters. The molecule has 1 aliphatic carbocycles. The molecule has 7 nitrogen and oxygen atoms in total. The Balaban J connectivity index is 1.50. The van der Waals surface area contributed by atoms with Gasteiger partial charge in [-0.05, 0) is 68.3 Å². The lowest BCUT2D eigenvalue weighted by Gasteiger charge is -2.37. The summed E-state index contributed by atoms with van der Waals surface area (Å²) in [6, 6.07) is 6.15. The molecule has 2 aliphatic rings. The highest BCUT2D eigenvalue weighted by Crippen LogP contribution is 2.42. The Kier molecular flexibility index (Phi) is 5.74. The Morgan fingerprint density at radius 2 is 1.87 bits per heavy atom. The molecule has 1 aliphatic heterocycles. The highest BCUT2D eigenvalue weighted by Gasteiger charge is 2.39. The smallest absolute Gasteiger partial charge is 0.367 e. The van der Waals surface area contributed by atoms with Crippen molar-refractivity contribution in [1.82, 2.24) is 15.3 Å². The number of carbonyl (C=O) groups excluding carboxylic acids is 1. The molecule has 2 aromatic rings. The van der Waals surface area contributed by atoms with Crippen LogP contribution in [-0.4, -0.2) is 35.0 Å². The van der Waals surface area contributed by atoms with E-state index in [1.807, 2.05) is 0 Å². The highest BCUT2D eigenvalue weighted by molar-refractivity contribution is 5.93. The number of halogens is 3. The van der Waals surface area contributed by atoms with Crippen molar-refractivity contribution >= 4 is 23.4 Å². The molecule has 2 heterocycles. The van der Waals surface area contributed by atoms with Crippen LogP contribution in [0.5, 0.6) is 0 Å². The number of nitrogens with one attached hydrogen (secondary N) is 3. The maximum Gasteiger partial charge on any atom is 0.421 e. The Hall–Kier alpha value is -2.88. The van der Waals surface area contributed by atoms with Gasteiger partial charge in [0.15, 0.2) is 0 Å². The Bertz CT molecular complexity index is 931. The molecular weight excluding hydrogens is 409 g/mol. The number of aromatic nitrogens is 2. The number of primary amides is 1. The van der Waals surface area contributed by atoms with E-state index in [2.05, 4.69) is 25.9 Å². The normalized spacial score (nSPS) is 23.6. The zero-order valence-electron chi connectivity index (χ0n) is 16.9. The summed E-state index contributed by atoms with van der Waals surface area (Å²) in [5.41, 5.74) is 5.49. The van der Waals surface area contributed by atoms with Gasteiger partial charge >= 0.3 is 6.18 Å². The maximum atomic E-state index is 13.5. The maximum absolute atomic E-state index is 13.5. The van der Waals surface area contributed by atoms with Gasteiger partial charge in [0, 0.05) is 30.0 Å². The van der Waals surface area contributed by atoms with Gasteiger partial charge in [0.25, 0.3) is 0 Å². The van der Waals surface area contributed by atoms with Gasteiger partial charge in [-0.1, -0.05) is 0 Å². The van der Waals surface area contributed by atoms with Crippen LogP contribution in [0.1, 0.15) is 48.0 Å². The van der Waals surface area contributed by atoms with E-state index in [1.54, 1.807) is 12.1 Å². The minimum absolute atomic E-state index is 0.0367. The van der Waals surface area contributed by atoms with Crippen LogP contribution >= 0.6 is 0 Å². The lowest BCUT2D eigenvalue weighted by Crippen LogP contribution is -2.35. The molecule has 1 saturated heterocycles. The Labute approximate surface area is 178 Å². The summed E-state index contributed by atoms with van der Waals surface area (Å²) >= 11 is 0. The van der Waals surface area contributed by atoms with E-state index in [-0.39, 0.29) is 17.8 Å². The molecule has 1 saturated carbocycles. The van der Waals surface area contributed by atoms with E-state index >= 15 is 0 Å². The van der Waals surface area contributed by atoms with Gasteiger partial charge in [-0.2, -0.15) is 18.2 Å².